The van der Waals surface area contributed by atoms with Crippen LogP contribution in [0.1, 0.15) is 5.56 Å². The van der Waals surface area contributed by atoms with Gasteiger partial charge in [0.05, 0.1) is 0 Å². The van der Waals surface area contributed by atoms with Crippen molar-refractivity contribution in [3.63, 3.8) is 0 Å². The van der Waals surface area contributed by atoms with E-state index < -0.39 is 0 Å². The third kappa shape index (κ3) is 2.06. The van der Waals surface area contributed by atoms with Crippen LogP contribution in [0.15, 0.2) is 30.0 Å². The molecule has 2 rings (SSSR count). The van der Waals surface area contributed by atoms with E-state index in [0.29, 0.717) is 15.8 Å². The molecule has 0 bridgehead atoms. The number of amides is 1. The van der Waals surface area contributed by atoms with Crippen LogP contribution in [0.4, 0.5) is 0 Å². The van der Waals surface area contributed by atoms with Gasteiger partial charge >= 0.3 is 0 Å². The normalized spacial score (nSPS) is 18.4. The highest BCUT2D eigenvalue weighted by atomic mass is 35.5. The van der Waals surface area contributed by atoms with E-state index in [-0.39, 0.29) is 5.91 Å². The zero-order valence-corrected chi connectivity index (χ0v) is 11.0. The summed E-state index contributed by atoms with van der Waals surface area (Å²) in [6.45, 7) is 0. The number of carbonyl (C=O) groups excluding carboxylic acids is 1. The summed E-state index contributed by atoms with van der Waals surface area (Å²) in [5.74, 6) is -0.114. The second-order valence-corrected chi connectivity index (χ2v) is 4.53. The molecule has 0 radical (unpaired) electrons. The van der Waals surface area contributed by atoms with Gasteiger partial charge in [0, 0.05) is 19.1 Å². The Morgan fingerprint density at radius 2 is 1.88 bits per heavy atom. The molecular weight excluding hydrogens is 256 g/mol. The van der Waals surface area contributed by atoms with Crippen molar-refractivity contribution in [2.45, 2.75) is 0 Å². The van der Waals surface area contributed by atoms with Crippen molar-refractivity contribution in [3.05, 3.63) is 40.5 Å². The lowest BCUT2D eigenvalue weighted by Crippen LogP contribution is -2.26. The first-order chi connectivity index (χ1) is 8.02. The van der Waals surface area contributed by atoms with Crippen molar-refractivity contribution in [3.8, 4) is 0 Å². The van der Waals surface area contributed by atoms with E-state index in [1.165, 1.54) is 4.90 Å². The number of halogens is 1. The molecule has 1 aliphatic rings. The van der Waals surface area contributed by atoms with Crippen LogP contribution in [0.25, 0.3) is 6.08 Å². The van der Waals surface area contributed by atoms with Crippen molar-refractivity contribution in [1.29, 1.82) is 0 Å². The van der Waals surface area contributed by atoms with Crippen LogP contribution < -0.4 is 0 Å². The minimum absolute atomic E-state index is 0.114. The molecule has 0 aromatic heterocycles. The Bertz CT molecular complexity index is 527. The quantitative estimate of drug-likeness (QED) is 0.576. The minimum atomic E-state index is -0.114. The van der Waals surface area contributed by atoms with Gasteiger partial charge in [-0.25, -0.2) is 0 Å². The van der Waals surface area contributed by atoms with Gasteiger partial charge in [-0.15, -0.1) is 0 Å². The lowest BCUT2D eigenvalue weighted by molar-refractivity contribution is -0.121. The summed E-state index contributed by atoms with van der Waals surface area (Å²) in [4.78, 5) is 15.1. The first kappa shape index (κ1) is 12.1. The van der Waals surface area contributed by atoms with E-state index in [1.807, 2.05) is 18.2 Å². The van der Waals surface area contributed by atoms with Gasteiger partial charge in [-0.3, -0.25) is 9.69 Å². The molecule has 1 amide bonds. The Morgan fingerprint density at radius 3 is 2.41 bits per heavy atom. The van der Waals surface area contributed by atoms with Crippen molar-refractivity contribution in [2.75, 3.05) is 14.1 Å². The van der Waals surface area contributed by atoms with E-state index in [2.05, 4.69) is 0 Å². The highest BCUT2D eigenvalue weighted by molar-refractivity contribution is 7.80. The molecule has 1 fully saturated rings. The SMILES string of the molecule is CN1C(=O)/C(=C\c2ccccc2Cl)N(C)C1=S. The Hall–Kier alpha value is -1.39. The van der Waals surface area contributed by atoms with Gasteiger partial charge in [0.15, 0.2) is 5.11 Å². The second kappa shape index (κ2) is 4.47. The fourth-order valence-electron chi connectivity index (χ4n) is 1.63. The smallest absolute Gasteiger partial charge is 0.276 e. The highest BCUT2D eigenvalue weighted by Gasteiger charge is 2.32. The first-order valence-electron chi connectivity index (χ1n) is 5.04. The maximum Gasteiger partial charge on any atom is 0.276 e. The summed E-state index contributed by atoms with van der Waals surface area (Å²) in [7, 11) is 3.43. The van der Waals surface area contributed by atoms with Crippen LogP contribution in [-0.4, -0.2) is 34.9 Å². The molecule has 3 nitrogen and oxygen atoms in total. The van der Waals surface area contributed by atoms with Gasteiger partial charge in [-0.2, -0.15) is 0 Å². The molecular formula is C12H11ClN2OS. The molecule has 17 heavy (non-hydrogen) atoms. The predicted molar refractivity (Wildman–Crippen MR) is 72.6 cm³/mol. The molecule has 0 atom stereocenters. The number of rotatable bonds is 1. The number of nitrogens with zero attached hydrogens (tertiary/aromatic N) is 2. The Kier molecular flexibility index (Phi) is 3.17. The van der Waals surface area contributed by atoms with Gasteiger partial charge in [-0.05, 0) is 29.9 Å². The molecule has 5 heteroatoms. The Labute approximate surface area is 110 Å². The molecule has 0 aliphatic carbocycles. The molecule has 1 aromatic rings. The zero-order valence-electron chi connectivity index (χ0n) is 9.48. The maximum absolute atomic E-state index is 11.9. The number of hydrogen-bond acceptors (Lipinski definition) is 2. The third-order valence-corrected chi connectivity index (χ3v) is 3.55. The fourth-order valence-corrected chi connectivity index (χ4v) is 2.00. The number of likely N-dealkylation sites (N-methyl/N-ethyl adjacent to an activating group) is 2. The van der Waals surface area contributed by atoms with Gasteiger partial charge in [0.2, 0.25) is 0 Å². The van der Waals surface area contributed by atoms with Crippen molar-refractivity contribution in [1.82, 2.24) is 9.80 Å². The van der Waals surface area contributed by atoms with Crippen LogP contribution in [-0.2, 0) is 4.79 Å². The number of hydrogen-bond donors (Lipinski definition) is 0. The molecule has 1 aromatic carbocycles. The number of benzene rings is 1. The van der Waals surface area contributed by atoms with Gasteiger partial charge in [0.25, 0.3) is 5.91 Å². The Morgan fingerprint density at radius 1 is 1.24 bits per heavy atom. The van der Waals surface area contributed by atoms with Gasteiger partial charge in [0.1, 0.15) is 5.70 Å². The predicted octanol–water partition coefficient (Wildman–Crippen LogP) is 2.37. The summed E-state index contributed by atoms with van der Waals surface area (Å²) in [5.41, 5.74) is 1.34. The largest absolute Gasteiger partial charge is 0.317 e. The molecule has 0 N–H and O–H groups in total. The van der Waals surface area contributed by atoms with Crippen LogP contribution in [0.3, 0.4) is 0 Å². The first-order valence-corrected chi connectivity index (χ1v) is 5.83. The molecule has 88 valence electrons. The van der Waals surface area contributed by atoms with E-state index >= 15 is 0 Å². The summed E-state index contributed by atoms with van der Waals surface area (Å²) >= 11 is 11.2. The maximum atomic E-state index is 11.9. The van der Waals surface area contributed by atoms with Crippen molar-refractivity contribution >= 4 is 40.9 Å². The van der Waals surface area contributed by atoms with E-state index in [1.54, 1.807) is 31.1 Å². The van der Waals surface area contributed by atoms with Crippen LogP contribution >= 0.6 is 23.8 Å². The molecule has 1 aliphatic heterocycles. The lowest BCUT2D eigenvalue weighted by Gasteiger charge is -2.11. The molecule has 1 saturated heterocycles. The molecule has 1 heterocycles. The lowest BCUT2D eigenvalue weighted by atomic mass is 10.2. The van der Waals surface area contributed by atoms with Gasteiger partial charge in [-0.1, -0.05) is 29.8 Å². The van der Waals surface area contributed by atoms with Crippen molar-refractivity contribution < 1.29 is 4.79 Å². The summed E-state index contributed by atoms with van der Waals surface area (Å²) in [6.07, 6.45) is 1.75. The van der Waals surface area contributed by atoms with E-state index in [0.717, 1.165) is 5.56 Å². The van der Waals surface area contributed by atoms with Crippen LogP contribution in [0, 0.1) is 0 Å². The summed E-state index contributed by atoms with van der Waals surface area (Å²) < 4.78 is 0. The van der Waals surface area contributed by atoms with E-state index in [4.69, 9.17) is 23.8 Å². The average molecular weight is 267 g/mol. The molecule has 0 spiro atoms. The Balaban J connectivity index is 2.45. The summed E-state index contributed by atoms with van der Waals surface area (Å²) in [5, 5.41) is 1.11. The highest BCUT2D eigenvalue weighted by Crippen LogP contribution is 2.24. The van der Waals surface area contributed by atoms with Crippen molar-refractivity contribution in [2.24, 2.45) is 0 Å². The summed E-state index contributed by atoms with van der Waals surface area (Å²) in [6, 6.07) is 7.37. The monoisotopic (exact) mass is 266 g/mol. The topological polar surface area (TPSA) is 23.6 Å². The van der Waals surface area contributed by atoms with Crippen LogP contribution in [0.5, 0.6) is 0 Å². The fraction of sp³-hybridized carbons (Fsp3) is 0.167. The number of thiocarbonyl (C=S) groups is 1. The second-order valence-electron chi connectivity index (χ2n) is 3.76. The van der Waals surface area contributed by atoms with Crippen LogP contribution in [0.2, 0.25) is 5.02 Å². The van der Waals surface area contributed by atoms with E-state index in [9.17, 15) is 4.79 Å². The van der Waals surface area contributed by atoms with Gasteiger partial charge < -0.3 is 4.90 Å². The number of carbonyl (C=O) groups is 1. The minimum Gasteiger partial charge on any atom is -0.317 e. The zero-order chi connectivity index (χ0) is 12.6. The molecule has 0 unspecified atom stereocenters. The molecule has 0 saturated carbocycles. The standard InChI is InChI=1S/C12H11ClN2OS/c1-14-10(11(16)15(2)12(14)17)7-8-5-3-4-6-9(8)13/h3-7H,1-2H3/b10-7+. The average Bonchev–Trinajstić information content (AvgIpc) is 2.50. The third-order valence-electron chi connectivity index (χ3n) is 2.66.